The number of hydrogen-bond donors (Lipinski definition) is 0. The van der Waals surface area contributed by atoms with Crippen molar-refractivity contribution < 1.29 is 0 Å². The maximum Gasteiger partial charge on any atom is 0.177 e. The minimum absolute atomic E-state index is 0.455. The van der Waals surface area contributed by atoms with E-state index in [-0.39, 0.29) is 0 Å². The van der Waals surface area contributed by atoms with E-state index in [9.17, 15) is 0 Å². The highest BCUT2D eigenvalue weighted by molar-refractivity contribution is 7.16. The molecule has 0 N–H and O–H groups in total. The Kier molecular flexibility index (Phi) is 5.42. The molecule has 0 amide bonds. The van der Waals surface area contributed by atoms with Crippen molar-refractivity contribution in [1.29, 1.82) is 0 Å². The SMILES string of the molecule is CC1=C(C)C(C)C([Si](c2ccccc2)(c2ccccc2C)c2ccccc2C)=C1C. The number of hydrogen-bond acceptors (Lipinski definition) is 0. The number of rotatable bonds is 4. The summed E-state index contributed by atoms with van der Waals surface area (Å²) in [6.07, 6.45) is 0. The lowest BCUT2D eigenvalue weighted by Crippen LogP contribution is -2.70. The van der Waals surface area contributed by atoms with E-state index in [1.165, 1.54) is 43.4 Å². The first-order valence-electron chi connectivity index (χ1n) is 11.0. The van der Waals surface area contributed by atoms with Gasteiger partial charge < -0.3 is 0 Å². The van der Waals surface area contributed by atoms with E-state index in [1.807, 2.05) is 0 Å². The minimum atomic E-state index is -2.45. The van der Waals surface area contributed by atoms with Crippen molar-refractivity contribution in [3.63, 3.8) is 0 Å². The van der Waals surface area contributed by atoms with Gasteiger partial charge in [0, 0.05) is 0 Å². The van der Waals surface area contributed by atoms with Crippen molar-refractivity contribution in [3.05, 3.63) is 112 Å². The maximum absolute atomic E-state index is 2.45. The highest BCUT2D eigenvalue weighted by atomic mass is 28.3. The fourth-order valence-corrected chi connectivity index (χ4v) is 11.7. The molecule has 3 aromatic rings. The standard InChI is InChI=1S/C29H32Si/c1-20-14-10-12-18-27(20)30(26-16-8-7-9-17-26,28-19-13-11-15-21(28)2)29-24(5)22(3)23(4)25(29)6/h7-19,24H,1-6H3. The molecule has 1 unspecified atom stereocenters. The molecule has 0 saturated heterocycles. The highest BCUT2D eigenvalue weighted by Crippen LogP contribution is 2.41. The highest BCUT2D eigenvalue weighted by Gasteiger charge is 2.49. The minimum Gasteiger partial charge on any atom is -0.0636 e. The van der Waals surface area contributed by atoms with Gasteiger partial charge in [0.05, 0.1) is 0 Å². The number of aryl methyl sites for hydroxylation is 2. The zero-order chi connectivity index (χ0) is 21.5. The van der Waals surface area contributed by atoms with Crippen molar-refractivity contribution in [2.75, 3.05) is 0 Å². The van der Waals surface area contributed by atoms with Crippen molar-refractivity contribution in [3.8, 4) is 0 Å². The third-order valence-electron chi connectivity index (χ3n) is 7.35. The van der Waals surface area contributed by atoms with Crippen molar-refractivity contribution in [2.24, 2.45) is 5.92 Å². The predicted molar refractivity (Wildman–Crippen MR) is 134 cm³/mol. The molecule has 3 aromatic carbocycles. The molecule has 0 aliphatic heterocycles. The van der Waals surface area contributed by atoms with Gasteiger partial charge in [0.1, 0.15) is 0 Å². The Hall–Kier alpha value is -2.64. The Labute approximate surface area is 183 Å². The normalized spacial score (nSPS) is 17.1. The summed E-state index contributed by atoms with van der Waals surface area (Å²) in [6, 6.07) is 29.5. The molecule has 0 spiro atoms. The molecule has 152 valence electrons. The van der Waals surface area contributed by atoms with Gasteiger partial charge in [-0.05, 0) is 61.7 Å². The van der Waals surface area contributed by atoms with Crippen LogP contribution in [0.5, 0.6) is 0 Å². The van der Waals surface area contributed by atoms with Gasteiger partial charge in [-0.3, -0.25) is 0 Å². The molecule has 0 radical (unpaired) electrons. The zero-order valence-electron chi connectivity index (χ0n) is 19.1. The largest absolute Gasteiger partial charge is 0.177 e. The Morgan fingerprint density at radius 2 is 1.03 bits per heavy atom. The third-order valence-corrected chi connectivity index (χ3v) is 12.9. The van der Waals surface area contributed by atoms with Crippen molar-refractivity contribution >= 4 is 23.6 Å². The molecule has 30 heavy (non-hydrogen) atoms. The van der Waals surface area contributed by atoms with E-state index in [0.717, 1.165) is 0 Å². The lowest BCUT2D eigenvalue weighted by molar-refractivity contribution is 0.851. The van der Waals surface area contributed by atoms with Crippen molar-refractivity contribution in [2.45, 2.75) is 41.5 Å². The van der Waals surface area contributed by atoms with E-state index in [1.54, 1.807) is 5.20 Å². The fraction of sp³-hybridized carbons (Fsp3) is 0.241. The first-order valence-corrected chi connectivity index (χ1v) is 13.0. The summed E-state index contributed by atoms with van der Waals surface area (Å²) < 4.78 is 0. The average Bonchev–Trinajstić information content (AvgIpc) is 2.95. The van der Waals surface area contributed by atoms with Gasteiger partial charge in [-0.15, -0.1) is 0 Å². The average molecular weight is 409 g/mol. The predicted octanol–water partition coefficient (Wildman–Crippen LogP) is 5.62. The topological polar surface area (TPSA) is 0 Å². The molecular weight excluding hydrogens is 376 g/mol. The van der Waals surface area contributed by atoms with E-state index in [0.29, 0.717) is 5.92 Å². The molecule has 0 fully saturated rings. The fourth-order valence-electron chi connectivity index (χ4n) is 5.55. The van der Waals surface area contributed by atoms with Gasteiger partial charge in [0.15, 0.2) is 8.07 Å². The molecular formula is C29H32Si. The first-order chi connectivity index (χ1) is 14.4. The Morgan fingerprint density at radius 1 is 0.567 bits per heavy atom. The van der Waals surface area contributed by atoms with Crippen LogP contribution in [0.2, 0.25) is 0 Å². The van der Waals surface area contributed by atoms with Crippen LogP contribution < -0.4 is 15.6 Å². The van der Waals surface area contributed by atoms with Gasteiger partial charge in [0.25, 0.3) is 0 Å². The molecule has 1 atom stereocenters. The van der Waals surface area contributed by atoms with Gasteiger partial charge in [-0.1, -0.05) is 113 Å². The molecule has 0 heterocycles. The van der Waals surface area contributed by atoms with Crippen LogP contribution in [0, 0.1) is 19.8 Å². The van der Waals surface area contributed by atoms with E-state index in [2.05, 4.69) is 120 Å². The van der Waals surface area contributed by atoms with E-state index >= 15 is 0 Å². The Morgan fingerprint density at radius 3 is 1.47 bits per heavy atom. The lowest BCUT2D eigenvalue weighted by Gasteiger charge is -2.40. The monoisotopic (exact) mass is 408 g/mol. The van der Waals surface area contributed by atoms with E-state index < -0.39 is 8.07 Å². The first kappa shape index (κ1) is 20.6. The summed E-state index contributed by atoms with van der Waals surface area (Å²) in [5.41, 5.74) is 7.30. The smallest absolute Gasteiger partial charge is 0.0636 e. The molecule has 0 nitrogen and oxygen atoms in total. The van der Waals surface area contributed by atoms with Crippen LogP contribution in [0.15, 0.2) is 101 Å². The maximum atomic E-state index is 2.42. The summed E-state index contributed by atoms with van der Waals surface area (Å²) in [7, 11) is -2.45. The molecule has 0 aromatic heterocycles. The van der Waals surface area contributed by atoms with E-state index in [4.69, 9.17) is 0 Å². The molecule has 1 heteroatoms. The van der Waals surface area contributed by atoms with Crippen molar-refractivity contribution in [1.82, 2.24) is 0 Å². The Bertz CT molecular complexity index is 1100. The summed E-state index contributed by atoms with van der Waals surface area (Å²) in [5.74, 6) is 0.455. The van der Waals surface area contributed by atoms with Gasteiger partial charge in [-0.25, -0.2) is 0 Å². The second-order valence-corrected chi connectivity index (χ2v) is 12.5. The van der Waals surface area contributed by atoms with Crippen LogP contribution in [0.4, 0.5) is 0 Å². The summed E-state index contributed by atoms with van der Waals surface area (Å²) in [5, 5.41) is 6.19. The van der Waals surface area contributed by atoms with Crippen LogP contribution in [0.1, 0.15) is 38.8 Å². The molecule has 0 saturated carbocycles. The van der Waals surface area contributed by atoms with Crippen LogP contribution in [0.3, 0.4) is 0 Å². The number of benzene rings is 3. The quantitative estimate of drug-likeness (QED) is 0.388. The van der Waals surface area contributed by atoms with Crippen LogP contribution >= 0.6 is 0 Å². The summed E-state index contributed by atoms with van der Waals surface area (Å²) in [4.78, 5) is 0. The van der Waals surface area contributed by atoms with Crippen LogP contribution in [-0.2, 0) is 0 Å². The van der Waals surface area contributed by atoms with Gasteiger partial charge in [0.2, 0.25) is 0 Å². The number of allylic oxidation sites excluding steroid dienone is 4. The lowest BCUT2D eigenvalue weighted by atomic mass is 10.1. The van der Waals surface area contributed by atoms with Crippen LogP contribution in [0.25, 0.3) is 0 Å². The summed E-state index contributed by atoms with van der Waals surface area (Å²) in [6.45, 7) is 14.0. The molecule has 4 rings (SSSR count). The zero-order valence-corrected chi connectivity index (χ0v) is 20.1. The molecule has 1 aliphatic carbocycles. The van der Waals surface area contributed by atoms with Gasteiger partial charge in [-0.2, -0.15) is 0 Å². The Balaban J connectivity index is 2.23. The molecule has 1 aliphatic rings. The van der Waals surface area contributed by atoms with Crippen LogP contribution in [-0.4, -0.2) is 8.07 Å². The summed E-state index contributed by atoms with van der Waals surface area (Å²) >= 11 is 0. The van der Waals surface area contributed by atoms with Gasteiger partial charge >= 0.3 is 0 Å². The second kappa shape index (κ2) is 7.89. The second-order valence-electron chi connectivity index (χ2n) is 8.81. The third kappa shape index (κ3) is 2.95. The molecule has 0 bridgehead atoms.